The second-order valence-electron chi connectivity index (χ2n) is 6.39. The van der Waals surface area contributed by atoms with E-state index in [4.69, 9.17) is 0 Å². The molecule has 1 N–H and O–H groups in total. The van der Waals surface area contributed by atoms with Gasteiger partial charge in [-0.15, -0.1) is 12.4 Å². The molecule has 2 aliphatic heterocycles. The van der Waals surface area contributed by atoms with Gasteiger partial charge in [0.1, 0.15) is 0 Å². The molecule has 2 aliphatic rings. The number of nitrogens with one attached hydrogen (secondary N) is 1. The Bertz CT molecular complexity index is 231. The van der Waals surface area contributed by atoms with Crippen molar-refractivity contribution in [3.8, 4) is 0 Å². The summed E-state index contributed by atoms with van der Waals surface area (Å²) in [5, 5.41) is 3.52. The predicted octanol–water partition coefficient (Wildman–Crippen LogP) is 2.21. The molecule has 0 aromatic carbocycles. The van der Waals surface area contributed by atoms with Crippen LogP contribution in [0.3, 0.4) is 0 Å². The first-order valence-electron chi connectivity index (χ1n) is 7.85. The van der Waals surface area contributed by atoms with Crippen LogP contribution >= 0.6 is 12.4 Å². The smallest absolute Gasteiger partial charge is 0.0104 e. The van der Waals surface area contributed by atoms with E-state index in [0.717, 1.165) is 12.0 Å². The monoisotopic (exact) mass is 289 g/mol. The minimum Gasteiger partial charge on any atom is -0.316 e. The van der Waals surface area contributed by atoms with Gasteiger partial charge in [-0.1, -0.05) is 6.42 Å². The van der Waals surface area contributed by atoms with Gasteiger partial charge in [0.25, 0.3) is 0 Å². The molecule has 0 amide bonds. The largest absolute Gasteiger partial charge is 0.316 e. The van der Waals surface area contributed by atoms with E-state index in [1.54, 1.807) is 0 Å². The summed E-state index contributed by atoms with van der Waals surface area (Å²) in [6.07, 6.45) is 8.38. The Morgan fingerprint density at radius 3 is 2.74 bits per heavy atom. The van der Waals surface area contributed by atoms with Gasteiger partial charge in [0.2, 0.25) is 0 Å². The summed E-state index contributed by atoms with van der Waals surface area (Å²) in [6, 6.07) is 0.839. The fourth-order valence-corrected chi connectivity index (χ4v) is 3.49. The van der Waals surface area contributed by atoms with Crippen molar-refractivity contribution in [1.82, 2.24) is 15.1 Å². The van der Waals surface area contributed by atoms with E-state index in [-0.39, 0.29) is 12.4 Å². The zero-order valence-corrected chi connectivity index (χ0v) is 13.6. The highest BCUT2D eigenvalue weighted by Gasteiger charge is 2.20. The van der Waals surface area contributed by atoms with Gasteiger partial charge in [-0.05, 0) is 78.3 Å². The second-order valence-corrected chi connectivity index (χ2v) is 6.39. The second kappa shape index (κ2) is 9.17. The summed E-state index contributed by atoms with van der Waals surface area (Å²) in [5.74, 6) is 0.882. The maximum Gasteiger partial charge on any atom is 0.0104 e. The Balaban J connectivity index is 0.00000180. The van der Waals surface area contributed by atoms with Gasteiger partial charge in [0.05, 0.1) is 0 Å². The lowest BCUT2D eigenvalue weighted by Gasteiger charge is -2.34. The number of piperidine rings is 2. The number of rotatable bonds is 5. The molecule has 0 aromatic heterocycles. The molecule has 2 unspecified atom stereocenters. The van der Waals surface area contributed by atoms with Crippen LogP contribution in [-0.2, 0) is 0 Å². The van der Waals surface area contributed by atoms with E-state index in [0.29, 0.717) is 0 Å². The molecule has 2 rings (SSSR count). The lowest BCUT2D eigenvalue weighted by atomic mass is 9.98. The van der Waals surface area contributed by atoms with Crippen molar-refractivity contribution in [2.24, 2.45) is 5.92 Å². The van der Waals surface area contributed by atoms with E-state index < -0.39 is 0 Å². The summed E-state index contributed by atoms with van der Waals surface area (Å²) in [7, 11) is 4.60. The fraction of sp³-hybridized carbons (Fsp3) is 1.00. The summed E-state index contributed by atoms with van der Waals surface area (Å²) in [6.45, 7) is 6.32. The number of hydrogen-bond acceptors (Lipinski definition) is 3. The SMILES string of the molecule is CN(CCC1CCCCN1C)CC1CCCNC1.Cl. The zero-order valence-electron chi connectivity index (χ0n) is 12.7. The van der Waals surface area contributed by atoms with E-state index in [2.05, 4.69) is 29.2 Å². The van der Waals surface area contributed by atoms with Crippen molar-refractivity contribution < 1.29 is 0 Å². The van der Waals surface area contributed by atoms with Gasteiger partial charge in [0.15, 0.2) is 0 Å². The van der Waals surface area contributed by atoms with Gasteiger partial charge in [-0.2, -0.15) is 0 Å². The highest BCUT2D eigenvalue weighted by atomic mass is 35.5. The normalized spacial score (nSPS) is 29.2. The Hall–Kier alpha value is 0.170. The van der Waals surface area contributed by atoms with Crippen LogP contribution < -0.4 is 5.32 Å². The topological polar surface area (TPSA) is 18.5 Å². The number of likely N-dealkylation sites (tertiary alicyclic amines) is 1. The van der Waals surface area contributed by atoms with Gasteiger partial charge in [0, 0.05) is 12.6 Å². The van der Waals surface area contributed by atoms with Crippen LogP contribution in [0, 0.1) is 5.92 Å². The molecule has 0 saturated carbocycles. The first kappa shape index (κ1) is 17.2. The van der Waals surface area contributed by atoms with Crippen molar-refractivity contribution in [2.45, 2.75) is 44.6 Å². The molecule has 3 nitrogen and oxygen atoms in total. The van der Waals surface area contributed by atoms with Crippen LogP contribution in [-0.4, -0.2) is 62.7 Å². The number of hydrogen-bond donors (Lipinski definition) is 1. The molecule has 2 saturated heterocycles. The highest BCUT2D eigenvalue weighted by molar-refractivity contribution is 5.85. The maximum atomic E-state index is 3.52. The van der Waals surface area contributed by atoms with Gasteiger partial charge in [-0.3, -0.25) is 0 Å². The molecule has 2 heterocycles. The first-order chi connectivity index (χ1) is 8.75. The minimum atomic E-state index is 0. The third-order valence-electron chi connectivity index (χ3n) is 4.73. The Kier molecular flexibility index (Phi) is 8.31. The zero-order chi connectivity index (χ0) is 12.8. The minimum absolute atomic E-state index is 0. The van der Waals surface area contributed by atoms with Crippen LogP contribution in [0.4, 0.5) is 0 Å². The molecular formula is C15H32ClN3. The van der Waals surface area contributed by atoms with Crippen molar-refractivity contribution in [1.29, 1.82) is 0 Å². The van der Waals surface area contributed by atoms with Gasteiger partial charge < -0.3 is 15.1 Å². The van der Waals surface area contributed by atoms with Crippen LogP contribution in [0.5, 0.6) is 0 Å². The van der Waals surface area contributed by atoms with E-state index in [9.17, 15) is 0 Å². The predicted molar refractivity (Wildman–Crippen MR) is 85.2 cm³/mol. The molecule has 4 heteroatoms. The molecule has 0 spiro atoms. The number of nitrogens with zero attached hydrogens (tertiary/aromatic N) is 2. The molecule has 2 atom stereocenters. The van der Waals surface area contributed by atoms with Gasteiger partial charge in [-0.25, -0.2) is 0 Å². The average Bonchev–Trinajstić information content (AvgIpc) is 2.39. The highest BCUT2D eigenvalue weighted by Crippen LogP contribution is 2.18. The summed E-state index contributed by atoms with van der Waals surface area (Å²) < 4.78 is 0. The van der Waals surface area contributed by atoms with Crippen molar-refractivity contribution in [3.05, 3.63) is 0 Å². The quantitative estimate of drug-likeness (QED) is 0.837. The summed E-state index contributed by atoms with van der Waals surface area (Å²) in [5.41, 5.74) is 0. The molecule has 0 aromatic rings. The molecular weight excluding hydrogens is 258 g/mol. The first-order valence-corrected chi connectivity index (χ1v) is 7.85. The van der Waals surface area contributed by atoms with Crippen LogP contribution in [0.15, 0.2) is 0 Å². The third kappa shape index (κ3) is 5.99. The molecule has 0 aliphatic carbocycles. The lowest BCUT2D eigenvalue weighted by molar-refractivity contribution is 0.153. The van der Waals surface area contributed by atoms with E-state index in [1.807, 2.05) is 0 Å². The van der Waals surface area contributed by atoms with E-state index in [1.165, 1.54) is 71.2 Å². The Labute approximate surface area is 125 Å². The molecule has 19 heavy (non-hydrogen) atoms. The molecule has 2 fully saturated rings. The van der Waals surface area contributed by atoms with Gasteiger partial charge >= 0.3 is 0 Å². The maximum absolute atomic E-state index is 3.52. The summed E-state index contributed by atoms with van der Waals surface area (Å²) in [4.78, 5) is 5.12. The Morgan fingerprint density at radius 2 is 2.05 bits per heavy atom. The Morgan fingerprint density at radius 1 is 1.21 bits per heavy atom. The van der Waals surface area contributed by atoms with Crippen LogP contribution in [0.2, 0.25) is 0 Å². The third-order valence-corrected chi connectivity index (χ3v) is 4.73. The standard InChI is InChI=1S/C15H31N3.ClH/c1-17(13-14-6-5-9-16-12-14)11-8-15-7-3-4-10-18(15)2;/h14-16H,3-13H2,1-2H3;1H. The average molecular weight is 290 g/mol. The van der Waals surface area contributed by atoms with Crippen molar-refractivity contribution >= 4 is 12.4 Å². The van der Waals surface area contributed by atoms with Crippen molar-refractivity contribution in [2.75, 3.05) is 46.8 Å². The van der Waals surface area contributed by atoms with Crippen LogP contribution in [0.1, 0.15) is 38.5 Å². The number of halogens is 1. The molecule has 114 valence electrons. The fourth-order valence-electron chi connectivity index (χ4n) is 3.49. The van der Waals surface area contributed by atoms with Crippen molar-refractivity contribution in [3.63, 3.8) is 0 Å². The van der Waals surface area contributed by atoms with E-state index >= 15 is 0 Å². The molecule has 0 bridgehead atoms. The van der Waals surface area contributed by atoms with Crippen LogP contribution in [0.25, 0.3) is 0 Å². The summed E-state index contributed by atoms with van der Waals surface area (Å²) >= 11 is 0. The lowest BCUT2D eigenvalue weighted by Crippen LogP contribution is -2.40. The molecule has 0 radical (unpaired) electrons.